The van der Waals surface area contributed by atoms with Crippen molar-refractivity contribution in [3.63, 3.8) is 0 Å². The summed E-state index contributed by atoms with van der Waals surface area (Å²) in [5.41, 5.74) is 2.52. The van der Waals surface area contributed by atoms with Crippen LogP contribution in [0.3, 0.4) is 0 Å². The van der Waals surface area contributed by atoms with Crippen LogP contribution >= 0.6 is 11.6 Å². The molecule has 1 saturated heterocycles. The molecule has 2 aliphatic heterocycles. The molecule has 0 aromatic heterocycles. The maximum Gasteiger partial charge on any atom is 0.262 e. The van der Waals surface area contributed by atoms with Crippen molar-refractivity contribution in [1.29, 1.82) is 0 Å². The van der Waals surface area contributed by atoms with Crippen LogP contribution in [0.2, 0.25) is 5.02 Å². The first-order valence-corrected chi connectivity index (χ1v) is 12.2. The van der Waals surface area contributed by atoms with Crippen LogP contribution in [0.25, 0.3) is 0 Å². The smallest absolute Gasteiger partial charge is 0.262 e. The summed E-state index contributed by atoms with van der Waals surface area (Å²) in [5.74, 6) is -0.382. The maximum atomic E-state index is 13.2. The Hall–Kier alpha value is -2.62. The molecule has 2 heterocycles. The average Bonchev–Trinajstić information content (AvgIpc) is 2.78. The Morgan fingerprint density at radius 3 is 2.59 bits per heavy atom. The second-order valence-corrected chi connectivity index (χ2v) is 10.3. The molecule has 0 atom stereocenters. The molecule has 0 saturated carbocycles. The van der Waals surface area contributed by atoms with Crippen molar-refractivity contribution >= 4 is 39.1 Å². The van der Waals surface area contributed by atoms with Gasteiger partial charge in [-0.1, -0.05) is 41.4 Å². The minimum atomic E-state index is -3.87. The summed E-state index contributed by atoms with van der Waals surface area (Å²) in [7, 11) is -3.87. The van der Waals surface area contributed by atoms with E-state index in [-0.39, 0.29) is 53.1 Å². The summed E-state index contributed by atoms with van der Waals surface area (Å²) in [6, 6.07) is 10.7. The van der Waals surface area contributed by atoms with Crippen molar-refractivity contribution in [1.82, 2.24) is 9.62 Å². The monoisotopic (exact) mass is 477 g/mol. The van der Waals surface area contributed by atoms with Gasteiger partial charge in [0.15, 0.2) is 6.61 Å². The van der Waals surface area contributed by atoms with Crippen molar-refractivity contribution in [3.8, 4) is 5.75 Å². The maximum absolute atomic E-state index is 13.2. The van der Waals surface area contributed by atoms with Gasteiger partial charge >= 0.3 is 0 Å². The number of hydrogen-bond acceptors (Lipinski definition) is 5. The normalized spacial score (nSPS) is 17.2. The van der Waals surface area contributed by atoms with Crippen LogP contribution < -0.4 is 15.4 Å². The van der Waals surface area contributed by atoms with E-state index in [4.69, 9.17) is 16.3 Å². The second kappa shape index (κ2) is 9.09. The van der Waals surface area contributed by atoms with Crippen LogP contribution in [0.1, 0.15) is 24.0 Å². The van der Waals surface area contributed by atoms with E-state index >= 15 is 0 Å². The Bertz CT molecular complexity index is 1140. The van der Waals surface area contributed by atoms with Crippen LogP contribution in [0.4, 0.5) is 5.69 Å². The lowest BCUT2D eigenvalue weighted by Crippen LogP contribution is -2.43. The summed E-state index contributed by atoms with van der Waals surface area (Å²) >= 11 is 6.22. The fraction of sp³-hybridized carbons (Fsp3) is 0.364. The Labute approximate surface area is 191 Å². The van der Waals surface area contributed by atoms with Crippen molar-refractivity contribution in [2.75, 3.05) is 25.0 Å². The number of amides is 2. The number of nitrogens with one attached hydrogen (secondary N) is 2. The van der Waals surface area contributed by atoms with E-state index in [0.29, 0.717) is 25.1 Å². The van der Waals surface area contributed by atoms with E-state index in [9.17, 15) is 18.0 Å². The number of fused-ring (bicyclic) bond motifs is 1. The lowest BCUT2D eigenvalue weighted by atomic mass is 9.97. The summed E-state index contributed by atoms with van der Waals surface area (Å²) in [5, 5.41) is 5.55. The van der Waals surface area contributed by atoms with Gasteiger partial charge < -0.3 is 15.4 Å². The molecule has 2 aliphatic rings. The summed E-state index contributed by atoms with van der Waals surface area (Å²) in [6.45, 7) is 2.70. The van der Waals surface area contributed by atoms with Gasteiger partial charge in [0, 0.05) is 31.6 Å². The largest absolute Gasteiger partial charge is 0.482 e. The van der Waals surface area contributed by atoms with E-state index < -0.39 is 10.0 Å². The van der Waals surface area contributed by atoms with Crippen LogP contribution in [-0.2, 0) is 26.2 Å². The highest BCUT2D eigenvalue weighted by molar-refractivity contribution is 7.89. The van der Waals surface area contributed by atoms with Gasteiger partial charge in [-0.2, -0.15) is 4.31 Å². The Balaban J connectivity index is 1.38. The minimum Gasteiger partial charge on any atom is -0.482 e. The van der Waals surface area contributed by atoms with Crippen molar-refractivity contribution in [2.24, 2.45) is 5.92 Å². The number of rotatable bonds is 5. The second-order valence-electron chi connectivity index (χ2n) is 8.00. The van der Waals surface area contributed by atoms with Crippen molar-refractivity contribution < 1.29 is 22.7 Å². The molecule has 4 rings (SSSR count). The molecule has 0 spiro atoms. The number of carbonyl (C=O) groups excluding carboxylic acids is 2. The third-order valence-corrected chi connectivity index (χ3v) is 8.06. The molecular formula is C22H24ClN3O5S. The zero-order chi connectivity index (χ0) is 22.9. The van der Waals surface area contributed by atoms with E-state index in [0.717, 1.165) is 11.1 Å². The Morgan fingerprint density at radius 1 is 1.22 bits per heavy atom. The van der Waals surface area contributed by atoms with Crippen LogP contribution in [0.5, 0.6) is 5.75 Å². The zero-order valence-electron chi connectivity index (χ0n) is 17.6. The molecule has 2 aromatic carbocycles. The number of ether oxygens (including phenoxy) is 1. The first-order valence-electron chi connectivity index (χ1n) is 10.3. The number of benzene rings is 2. The topological polar surface area (TPSA) is 105 Å². The fourth-order valence-corrected chi connectivity index (χ4v) is 5.80. The van der Waals surface area contributed by atoms with E-state index in [1.165, 1.54) is 16.4 Å². The molecule has 10 heteroatoms. The van der Waals surface area contributed by atoms with Gasteiger partial charge in [0.25, 0.3) is 5.91 Å². The third kappa shape index (κ3) is 4.74. The first kappa shape index (κ1) is 22.6. The number of halogens is 1. The quantitative estimate of drug-likeness (QED) is 0.689. The van der Waals surface area contributed by atoms with Crippen LogP contribution in [0, 0.1) is 12.8 Å². The van der Waals surface area contributed by atoms with Crippen LogP contribution in [-0.4, -0.2) is 44.2 Å². The number of carbonyl (C=O) groups is 2. The standard InChI is InChI=1S/C22H24ClN3O5S/c1-14-2-4-15(5-3-14)12-24-22(28)16-6-8-26(9-7-16)32(29,30)20-11-19-18(10-17(20)23)25-21(27)13-31-19/h2-5,10-11,16H,6-9,12-13H2,1H3,(H,24,28)(H,25,27). The molecule has 2 N–H and O–H groups in total. The fourth-order valence-electron chi connectivity index (χ4n) is 3.82. The number of aryl methyl sites for hydroxylation is 1. The SMILES string of the molecule is Cc1ccc(CNC(=O)C2CCN(S(=O)(=O)c3cc4c(cc3Cl)NC(=O)CO4)CC2)cc1. The summed E-state index contributed by atoms with van der Waals surface area (Å²) in [6.07, 6.45) is 0.849. The summed E-state index contributed by atoms with van der Waals surface area (Å²) < 4.78 is 33.0. The zero-order valence-corrected chi connectivity index (χ0v) is 19.1. The Morgan fingerprint density at radius 2 is 1.91 bits per heavy atom. The Kier molecular flexibility index (Phi) is 6.41. The van der Waals surface area contributed by atoms with E-state index in [2.05, 4.69) is 10.6 Å². The molecule has 2 amide bonds. The average molecular weight is 478 g/mol. The molecule has 32 heavy (non-hydrogen) atoms. The predicted octanol–water partition coefficient (Wildman–Crippen LogP) is 2.70. The van der Waals surface area contributed by atoms with Gasteiger partial charge in [-0.15, -0.1) is 0 Å². The summed E-state index contributed by atoms with van der Waals surface area (Å²) in [4.78, 5) is 23.9. The van der Waals surface area contributed by atoms with Gasteiger partial charge in [-0.3, -0.25) is 9.59 Å². The highest BCUT2D eigenvalue weighted by Crippen LogP contribution is 2.37. The number of sulfonamides is 1. The lowest BCUT2D eigenvalue weighted by Gasteiger charge is -2.31. The number of hydrogen-bond donors (Lipinski definition) is 2. The number of piperidine rings is 1. The number of nitrogens with zero attached hydrogens (tertiary/aromatic N) is 1. The molecule has 0 unspecified atom stereocenters. The van der Waals surface area contributed by atoms with E-state index in [1.807, 2.05) is 31.2 Å². The highest BCUT2D eigenvalue weighted by Gasteiger charge is 2.34. The lowest BCUT2D eigenvalue weighted by molar-refractivity contribution is -0.126. The van der Waals surface area contributed by atoms with Gasteiger partial charge in [-0.25, -0.2) is 8.42 Å². The molecule has 0 bridgehead atoms. The molecule has 8 nitrogen and oxygen atoms in total. The molecule has 0 radical (unpaired) electrons. The van der Waals surface area contributed by atoms with Gasteiger partial charge in [-0.05, 0) is 31.4 Å². The molecule has 2 aromatic rings. The van der Waals surface area contributed by atoms with E-state index in [1.54, 1.807) is 0 Å². The predicted molar refractivity (Wildman–Crippen MR) is 120 cm³/mol. The minimum absolute atomic E-state index is 0.00696. The molecular weight excluding hydrogens is 454 g/mol. The highest BCUT2D eigenvalue weighted by atomic mass is 35.5. The van der Waals surface area contributed by atoms with Gasteiger partial charge in [0.05, 0.1) is 10.7 Å². The first-order chi connectivity index (χ1) is 15.2. The third-order valence-electron chi connectivity index (χ3n) is 5.70. The van der Waals surface area contributed by atoms with Crippen LogP contribution in [0.15, 0.2) is 41.3 Å². The molecule has 170 valence electrons. The van der Waals surface area contributed by atoms with Gasteiger partial charge in [0.2, 0.25) is 15.9 Å². The molecule has 1 fully saturated rings. The van der Waals surface area contributed by atoms with Gasteiger partial charge in [0.1, 0.15) is 10.6 Å². The van der Waals surface area contributed by atoms with Crippen molar-refractivity contribution in [2.45, 2.75) is 31.2 Å². The number of anilines is 1. The van der Waals surface area contributed by atoms with Crippen molar-refractivity contribution in [3.05, 3.63) is 52.5 Å². The molecule has 0 aliphatic carbocycles.